The summed E-state index contributed by atoms with van der Waals surface area (Å²) < 4.78 is 0. The van der Waals surface area contributed by atoms with Crippen molar-refractivity contribution in [1.82, 2.24) is 4.90 Å². The molecular formula is C22H25N3O2. The second kappa shape index (κ2) is 7.82. The number of piperidine rings is 1. The number of imide groups is 1. The van der Waals surface area contributed by atoms with Crippen molar-refractivity contribution >= 4 is 23.2 Å². The lowest BCUT2D eigenvalue weighted by molar-refractivity contribution is -0.139. The highest BCUT2D eigenvalue weighted by Gasteiger charge is 2.38. The average molecular weight is 363 g/mol. The van der Waals surface area contributed by atoms with Gasteiger partial charge in [0.1, 0.15) is 6.04 Å². The molecule has 2 amide bonds. The fourth-order valence-corrected chi connectivity index (χ4v) is 3.85. The van der Waals surface area contributed by atoms with Gasteiger partial charge in [0.15, 0.2) is 0 Å². The Morgan fingerprint density at radius 2 is 1.59 bits per heavy atom. The van der Waals surface area contributed by atoms with E-state index in [1.165, 1.54) is 29.8 Å². The Bertz CT molecular complexity index is 798. The second-order valence-corrected chi connectivity index (χ2v) is 7.30. The molecule has 0 saturated carbocycles. The summed E-state index contributed by atoms with van der Waals surface area (Å²) in [6.07, 6.45) is 4.01. The molecule has 1 atom stereocenters. The van der Waals surface area contributed by atoms with Gasteiger partial charge in [-0.25, -0.2) is 0 Å². The molecule has 2 aliphatic heterocycles. The minimum Gasteiger partial charge on any atom is -0.373 e. The highest BCUT2D eigenvalue weighted by atomic mass is 16.2. The Morgan fingerprint density at radius 3 is 2.30 bits per heavy atom. The minimum absolute atomic E-state index is 0.119. The van der Waals surface area contributed by atoms with Crippen LogP contribution in [0.2, 0.25) is 0 Å². The number of hydrogen-bond donors (Lipinski definition) is 1. The van der Waals surface area contributed by atoms with Crippen LogP contribution in [-0.4, -0.2) is 35.8 Å². The van der Waals surface area contributed by atoms with Crippen molar-refractivity contribution in [3.05, 3.63) is 60.2 Å². The van der Waals surface area contributed by atoms with Crippen LogP contribution in [0, 0.1) is 0 Å². The Hall–Kier alpha value is -2.82. The summed E-state index contributed by atoms with van der Waals surface area (Å²) in [5.41, 5.74) is 3.06. The zero-order valence-corrected chi connectivity index (χ0v) is 15.4. The van der Waals surface area contributed by atoms with Gasteiger partial charge < -0.3 is 10.2 Å². The first-order valence-corrected chi connectivity index (χ1v) is 9.70. The first kappa shape index (κ1) is 17.6. The maximum absolute atomic E-state index is 12.7. The summed E-state index contributed by atoms with van der Waals surface area (Å²) in [5, 5.41) is 3.24. The van der Waals surface area contributed by atoms with Gasteiger partial charge in [-0.2, -0.15) is 0 Å². The highest BCUT2D eigenvalue weighted by molar-refractivity contribution is 6.06. The lowest BCUT2D eigenvalue weighted by Gasteiger charge is -2.29. The third-order valence-electron chi connectivity index (χ3n) is 5.36. The molecule has 0 bridgehead atoms. The van der Waals surface area contributed by atoms with Crippen LogP contribution in [0.3, 0.4) is 0 Å². The number of carbonyl (C=O) groups is 2. The van der Waals surface area contributed by atoms with E-state index in [-0.39, 0.29) is 18.2 Å². The van der Waals surface area contributed by atoms with Gasteiger partial charge in [0.2, 0.25) is 5.91 Å². The average Bonchev–Trinajstić information content (AvgIpc) is 2.97. The molecule has 5 heteroatoms. The molecule has 0 aromatic heterocycles. The van der Waals surface area contributed by atoms with E-state index < -0.39 is 6.04 Å². The number of amides is 2. The SMILES string of the molecule is O=C1C[C@H](Nc2ccc(N3CCCCC3)cc2)C(=O)N1Cc1ccccc1. The molecule has 2 heterocycles. The maximum Gasteiger partial charge on any atom is 0.252 e. The van der Waals surface area contributed by atoms with Crippen molar-refractivity contribution < 1.29 is 9.59 Å². The topological polar surface area (TPSA) is 52.7 Å². The largest absolute Gasteiger partial charge is 0.373 e. The first-order valence-electron chi connectivity index (χ1n) is 9.70. The summed E-state index contributed by atoms with van der Waals surface area (Å²) in [6.45, 7) is 2.55. The molecule has 2 saturated heterocycles. The summed E-state index contributed by atoms with van der Waals surface area (Å²) >= 11 is 0. The van der Waals surface area contributed by atoms with E-state index >= 15 is 0 Å². The molecule has 0 radical (unpaired) electrons. The molecule has 2 aliphatic rings. The molecule has 1 N–H and O–H groups in total. The normalized spacial score (nSPS) is 20.2. The van der Waals surface area contributed by atoms with Crippen molar-refractivity contribution in [1.29, 1.82) is 0 Å². The quantitative estimate of drug-likeness (QED) is 0.827. The number of hydrogen-bond acceptors (Lipinski definition) is 4. The van der Waals surface area contributed by atoms with Crippen LogP contribution in [0.5, 0.6) is 0 Å². The lowest BCUT2D eigenvalue weighted by Crippen LogP contribution is -2.34. The van der Waals surface area contributed by atoms with Crippen molar-refractivity contribution in [2.75, 3.05) is 23.3 Å². The predicted octanol–water partition coefficient (Wildman–Crippen LogP) is 3.42. The van der Waals surface area contributed by atoms with Gasteiger partial charge in [0.05, 0.1) is 13.0 Å². The van der Waals surface area contributed by atoms with E-state index in [2.05, 4.69) is 22.3 Å². The first-order chi connectivity index (χ1) is 13.2. The van der Waals surface area contributed by atoms with Crippen LogP contribution in [0.4, 0.5) is 11.4 Å². The molecule has 0 unspecified atom stereocenters. The van der Waals surface area contributed by atoms with Gasteiger partial charge in [-0.15, -0.1) is 0 Å². The molecule has 27 heavy (non-hydrogen) atoms. The van der Waals surface area contributed by atoms with Crippen LogP contribution >= 0.6 is 0 Å². The number of benzene rings is 2. The summed E-state index contributed by atoms with van der Waals surface area (Å²) in [5.74, 6) is -0.268. The summed E-state index contributed by atoms with van der Waals surface area (Å²) in [7, 11) is 0. The highest BCUT2D eigenvalue weighted by Crippen LogP contribution is 2.24. The summed E-state index contributed by atoms with van der Waals surface area (Å²) in [4.78, 5) is 28.7. The molecule has 2 fully saturated rings. The van der Waals surface area contributed by atoms with E-state index in [1.54, 1.807) is 0 Å². The standard InChI is InChI=1S/C22H25N3O2/c26-21-15-20(22(27)25(21)16-17-7-3-1-4-8-17)23-18-9-11-19(12-10-18)24-13-5-2-6-14-24/h1,3-4,7-12,20,23H,2,5-6,13-16H2/t20-/m0/s1. The molecule has 140 valence electrons. The molecular weight excluding hydrogens is 338 g/mol. The number of likely N-dealkylation sites (tertiary alicyclic amines) is 1. The van der Waals surface area contributed by atoms with Crippen LogP contribution in [0.1, 0.15) is 31.2 Å². The van der Waals surface area contributed by atoms with E-state index in [0.717, 1.165) is 24.3 Å². The Kier molecular flexibility index (Phi) is 5.10. The summed E-state index contributed by atoms with van der Waals surface area (Å²) in [6, 6.07) is 17.3. The lowest BCUT2D eigenvalue weighted by atomic mass is 10.1. The van der Waals surface area contributed by atoms with E-state index in [1.807, 2.05) is 42.5 Å². The Balaban J connectivity index is 1.39. The number of rotatable bonds is 5. The van der Waals surface area contributed by atoms with Gasteiger partial charge in [-0.1, -0.05) is 30.3 Å². The fraction of sp³-hybridized carbons (Fsp3) is 0.364. The van der Waals surface area contributed by atoms with Crippen molar-refractivity contribution in [3.63, 3.8) is 0 Å². The smallest absolute Gasteiger partial charge is 0.252 e. The third kappa shape index (κ3) is 3.97. The Morgan fingerprint density at radius 1 is 0.889 bits per heavy atom. The Labute approximate surface area is 160 Å². The molecule has 0 spiro atoms. The number of anilines is 2. The van der Waals surface area contributed by atoms with Gasteiger partial charge in [0.25, 0.3) is 5.91 Å². The number of carbonyl (C=O) groups excluding carboxylic acids is 2. The molecule has 4 rings (SSSR count). The minimum atomic E-state index is -0.484. The number of nitrogens with zero attached hydrogens (tertiary/aromatic N) is 2. The van der Waals surface area contributed by atoms with Gasteiger partial charge in [-0.3, -0.25) is 14.5 Å². The van der Waals surface area contributed by atoms with Gasteiger partial charge in [0, 0.05) is 24.5 Å². The molecule has 2 aromatic rings. The zero-order valence-electron chi connectivity index (χ0n) is 15.4. The molecule has 2 aromatic carbocycles. The van der Waals surface area contributed by atoms with Crippen LogP contribution < -0.4 is 10.2 Å². The predicted molar refractivity (Wildman–Crippen MR) is 107 cm³/mol. The maximum atomic E-state index is 12.7. The van der Waals surface area contributed by atoms with E-state index in [4.69, 9.17) is 0 Å². The molecule has 0 aliphatic carbocycles. The van der Waals surface area contributed by atoms with Crippen LogP contribution in [0.15, 0.2) is 54.6 Å². The monoisotopic (exact) mass is 363 g/mol. The second-order valence-electron chi connectivity index (χ2n) is 7.30. The van der Waals surface area contributed by atoms with Gasteiger partial charge >= 0.3 is 0 Å². The van der Waals surface area contributed by atoms with Crippen molar-refractivity contribution in [3.8, 4) is 0 Å². The van der Waals surface area contributed by atoms with Crippen LogP contribution in [-0.2, 0) is 16.1 Å². The zero-order chi connectivity index (χ0) is 18.6. The van der Waals surface area contributed by atoms with E-state index in [9.17, 15) is 9.59 Å². The van der Waals surface area contributed by atoms with Crippen molar-refractivity contribution in [2.24, 2.45) is 0 Å². The fourth-order valence-electron chi connectivity index (χ4n) is 3.85. The van der Waals surface area contributed by atoms with E-state index in [0.29, 0.717) is 6.54 Å². The number of nitrogens with one attached hydrogen (secondary N) is 1. The van der Waals surface area contributed by atoms with Crippen LogP contribution in [0.25, 0.3) is 0 Å². The van der Waals surface area contributed by atoms with Gasteiger partial charge in [-0.05, 0) is 49.1 Å². The van der Waals surface area contributed by atoms with Crippen molar-refractivity contribution in [2.45, 2.75) is 38.3 Å². The molecule has 5 nitrogen and oxygen atoms in total. The third-order valence-corrected chi connectivity index (χ3v) is 5.36.